The van der Waals surface area contributed by atoms with Crippen molar-refractivity contribution in [1.29, 1.82) is 0 Å². The van der Waals surface area contributed by atoms with Crippen LogP contribution in [0.2, 0.25) is 0 Å². The largest absolute Gasteiger partial charge is 0.377 e. The second-order valence-corrected chi connectivity index (χ2v) is 7.51. The minimum Gasteiger partial charge on any atom is -0.377 e. The van der Waals surface area contributed by atoms with E-state index in [1.54, 1.807) is 4.90 Å². The summed E-state index contributed by atoms with van der Waals surface area (Å²) in [4.78, 5) is 27.3. The predicted octanol–water partition coefficient (Wildman–Crippen LogP) is 0.745. The maximum atomic E-state index is 12.0. The maximum Gasteiger partial charge on any atom is 0.237 e. The van der Waals surface area contributed by atoms with Crippen LogP contribution in [0.4, 0.5) is 0 Å². The van der Waals surface area contributed by atoms with E-state index in [0.717, 1.165) is 45.5 Å². The van der Waals surface area contributed by atoms with Gasteiger partial charge in [0.05, 0.1) is 12.6 Å². The number of hydrogen-bond acceptors (Lipinski definition) is 4. The molecule has 130 valence electrons. The molecule has 3 heterocycles. The standard InChI is InChI=1S/C17H29N3O3/c18-15(21)12-20-13-17(5-4-16(20)22)6-8-19(9-7-17)11-14-3-1-2-10-23-14/h14H,1-13H2,(H2,18,21)/t14-/m1/s1. The lowest BCUT2D eigenvalue weighted by Crippen LogP contribution is -2.53. The Morgan fingerprint density at radius 1 is 1.26 bits per heavy atom. The third-order valence-corrected chi connectivity index (χ3v) is 5.75. The second-order valence-electron chi connectivity index (χ2n) is 7.51. The number of likely N-dealkylation sites (tertiary alicyclic amines) is 2. The summed E-state index contributed by atoms with van der Waals surface area (Å²) in [5, 5.41) is 0. The number of carbonyl (C=O) groups excluding carboxylic acids is 2. The van der Waals surface area contributed by atoms with Gasteiger partial charge in [0.2, 0.25) is 11.8 Å². The van der Waals surface area contributed by atoms with Crippen LogP contribution in [0.25, 0.3) is 0 Å². The van der Waals surface area contributed by atoms with Crippen molar-refractivity contribution in [3.8, 4) is 0 Å². The molecule has 6 heteroatoms. The number of ether oxygens (including phenoxy) is 1. The number of nitrogens with zero attached hydrogens (tertiary/aromatic N) is 2. The molecule has 0 aromatic heterocycles. The van der Waals surface area contributed by atoms with E-state index in [4.69, 9.17) is 10.5 Å². The lowest BCUT2D eigenvalue weighted by molar-refractivity contribution is -0.142. The summed E-state index contributed by atoms with van der Waals surface area (Å²) < 4.78 is 5.85. The van der Waals surface area contributed by atoms with Gasteiger partial charge in [-0.05, 0) is 57.0 Å². The van der Waals surface area contributed by atoms with E-state index in [2.05, 4.69) is 4.90 Å². The normalized spacial score (nSPS) is 29.0. The maximum absolute atomic E-state index is 12.0. The van der Waals surface area contributed by atoms with Crippen molar-refractivity contribution in [2.45, 2.75) is 51.0 Å². The zero-order valence-electron chi connectivity index (χ0n) is 14.0. The molecule has 0 bridgehead atoms. The zero-order valence-corrected chi connectivity index (χ0v) is 14.0. The summed E-state index contributed by atoms with van der Waals surface area (Å²) in [6.07, 6.45) is 7.77. The molecule has 3 aliphatic heterocycles. The van der Waals surface area contributed by atoms with Crippen LogP contribution in [-0.2, 0) is 14.3 Å². The molecule has 23 heavy (non-hydrogen) atoms. The number of nitrogens with two attached hydrogens (primary N) is 1. The van der Waals surface area contributed by atoms with Crippen LogP contribution in [-0.4, -0.2) is 67.0 Å². The molecule has 3 aliphatic rings. The quantitative estimate of drug-likeness (QED) is 0.828. The summed E-state index contributed by atoms with van der Waals surface area (Å²) in [6.45, 7) is 4.85. The number of rotatable bonds is 4. The molecule has 1 spiro atoms. The second kappa shape index (κ2) is 7.18. The Kier molecular flexibility index (Phi) is 5.21. The van der Waals surface area contributed by atoms with E-state index in [9.17, 15) is 9.59 Å². The van der Waals surface area contributed by atoms with Crippen LogP contribution in [0.1, 0.15) is 44.9 Å². The third-order valence-electron chi connectivity index (χ3n) is 5.75. The van der Waals surface area contributed by atoms with Gasteiger partial charge < -0.3 is 20.3 Å². The first-order valence-electron chi connectivity index (χ1n) is 8.96. The highest BCUT2D eigenvalue weighted by molar-refractivity contribution is 5.84. The molecule has 2 N–H and O–H groups in total. The summed E-state index contributed by atoms with van der Waals surface area (Å²) in [6, 6.07) is 0. The average molecular weight is 323 g/mol. The van der Waals surface area contributed by atoms with Crippen LogP contribution >= 0.6 is 0 Å². The van der Waals surface area contributed by atoms with Gasteiger partial charge in [0.1, 0.15) is 0 Å². The molecule has 0 aromatic rings. The third kappa shape index (κ3) is 4.23. The molecular weight excluding hydrogens is 294 g/mol. The highest BCUT2D eigenvalue weighted by Crippen LogP contribution is 2.40. The van der Waals surface area contributed by atoms with Gasteiger partial charge in [-0.15, -0.1) is 0 Å². The number of carbonyl (C=O) groups is 2. The highest BCUT2D eigenvalue weighted by Gasteiger charge is 2.41. The Morgan fingerprint density at radius 2 is 2.04 bits per heavy atom. The predicted molar refractivity (Wildman–Crippen MR) is 86.7 cm³/mol. The smallest absolute Gasteiger partial charge is 0.237 e. The number of piperidine rings is 2. The minimum atomic E-state index is -0.415. The van der Waals surface area contributed by atoms with E-state index in [-0.39, 0.29) is 17.9 Å². The fourth-order valence-corrected chi connectivity index (χ4v) is 4.29. The van der Waals surface area contributed by atoms with E-state index in [0.29, 0.717) is 19.1 Å². The van der Waals surface area contributed by atoms with Gasteiger partial charge >= 0.3 is 0 Å². The van der Waals surface area contributed by atoms with Crippen molar-refractivity contribution >= 4 is 11.8 Å². The Balaban J connectivity index is 1.50. The molecule has 3 rings (SSSR count). The van der Waals surface area contributed by atoms with E-state index < -0.39 is 5.91 Å². The van der Waals surface area contributed by atoms with Crippen molar-refractivity contribution in [2.75, 3.05) is 39.3 Å². The summed E-state index contributed by atoms with van der Waals surface area (Å²) in [5.74, 6) is -0.338. The average Bonchev–Trinajstić information content (AvgIpc) is 2.54. The topological polar surface area (TPSA) is 75.9 Å². The summed E-state index contributed by atoms with van der Waals surface area (Å²) in [5.41, 5.74) is 5.46. The summed E-state index contributed by atoms with van der Waals surface area (Å²) >= 11 is 0. The SMILES string of the molecule is NC(=O)CN1CC2(CCC1=O)CCN(C[C@H]1CCCCO1)CC2. The van der Waals surface area contributed by atoms with Crippen LogP contribution in [0.3, 0.4) is 0 Å². The molecule has 2 amide bonds. The van der Waals surface area contributed by atoms with Gasteiger partial charge in [-0.3, -0.25) is 9.59 Å². The minimum absolute atomic E-state index is 0.0697. The van der Waals surface area contributed by atoms with Crippen molar-refractivity contribution in [1.82, 2.24) is 9.80 Å². The Labute approximate surface area is 138 Å². The Bertz CT molecular complexity index is 440. The molecule has 3 saturated heterocycles. The van der Waals surface area contributed by atoms with Gasteiger partial charge in [-0.1, -0.05) is 0 Å². The monoisotopic (exact) mass is 323 g/mol. The highest BCUT2D eigenvalue weighted by atomic mass is 16.5. The fraction of sp³-hybridized carbons (Fsp3) is 0.882. The van der Waals surface area contributed by atoms with Gasteiger partial charge in [-0.2, -0.15) is 0 Å². The first kappa shape index (κ1) is 16.7. The molecule has 0 radical (unpaired) electrons. The number of hydrogen-bond donors (Lipinski definition) is 1. The molecule has 3 fully saturated rings. The van der Waals surface area contributed by atoms with Crippen LogP contribution in [0, 0.1) is 5.41 Å². The van der Waals surface area contributed by atoms with Gasteiger partial charge in [0.15, 0.2) is 0 Å². The van der Waals surface area contributed by atoms with Crippen molar-refractivity contribution < 1.29 is 14.3 Å². The molecule has 0 saturated carbocycles. The Hall–Kier alpha value is -1.14. The fourth-order valence-electron chi connectivity index (χ4n) is 4.29. The van der Waals surface area contributed by atoms with Gasteiger partial charge in [0, 0.05) is 26.1 Å². The van der Waals surface area contributed by atoms with Gasteiger partial charge in [-0.25, -0.2) is 0 Å². The van der Waals surface area contributed by atoms with Crippen molar-refractivity contribution in [2.24, 2.45) is 11.1 Å². The number of amides is 2. The first-order chi connectivity index (χ1) is 11.1. The molecule has 0 aliphatic carbocycles. The molecule has 0 aromatic carbocycles. The van der Waals surface area contributed by atoms with Crippen LogP contribution in [0.15, 0.2) is 0 Å². The first-order valence-corrected chi connectivity index (χ1v) is 8.96. The lowest BCUT2D eigenvalue weighted by Gasteiger charge is -2.47. The number of primary amides is 1. The van der Waals surface area contributed by atoms with Crippen LogP contribution in [0.5, 0.6) is 0 Å². The Morgan fingerprint density at radius 3 is 2.70 bits per heavy atom. The van der Waals surface area contributed by atoms with E-state index in [1.165, 1.54) is 19.3 Å². The van der Waals surface area contributed by atoms with Gasteiger partial charge in [0.25, 0.3) is 0 Å². The molecule has 0 unspecified atom stereocenters. The van der Waals surface area contributed by atoms with Crippen LogP contribution < -0.4 is 5.73 Å². The lowest BCUT2D eigenvalue weighted by atomic mass is 9.72. The van der Waals surface area contributed by atoms with Crippen molar-refractivity contribution in [3.63, 3.8) is 0 Å². The zero-order chi connectivity index (χ0) is 16.3. The summed E-state index contributed by atoms with van der Waals surface area (Å²) in [7, 11) is 0. The molecule has 6 nitrogen and oxygen atoms in total. The van der Waals surface area contributed by atoms with E-state index in [1.807, 2.05) is 0 Å². The molecule has 1 atom stereocenters. The molecular formula is C17H29N3O3. The van der Waals surface area contributed by atoms with Crippen molar-refractivity contribution in [3.05, 3.63) is 0 Å². The van der Waals surface area contributed by atoms with E-state index >= 15 is 0 Å².